The van der Waals surface area contributed by atoms with Crippen LogP contribution in [0.2, 0.25) is 0 Å². The smallest absolute Gasteiger partial charge is 0.303 e. The van der Waals surface area contributed by atoms with Gasteiger partial charge in [-0.2, -0.15) is 0 Å². The highest BCUT2D eigenvalue weighted by Gasteiger charge is 2.46. The molecule has 0 aromatic carbocycles. The number of hydrogen-bond acceptors (Lipinski definition) is 9. The van der Waals surface area contributed by atoms with Crippen LogP contribution in [0.1, 0.15) is 73.6 Å². The zero-order valence-corrected chi connectivity index (χ0v) is 23.3. The molecule has 1 unspecified atom stereocenters. The standard InChI is InChI=1S/C25H44N2O8S/c1-22(2)14-33-25(34-15-22,10-7-18(28)29)13-19(30)36-12-9-17(26)8-11-27-21(31)20-23(3,4)16-32-24(5,6)35-20/h17,20H,7-16,26H2,1-6H3,(H,27,31)(H,28,29)/t17?,20-/m0/s1. The number of amides is 1. The van der Waals surface area contributed by atoms with Crippen molar-refractivity contribution in [3.63, 3.8) is 0 Å². The van der Waals surface area contributed by atoms with Crippen molar-refractivity contribution in [2.45, 2.75) is 97.4 Å². The van der Waals surface area contributed by atoms with Crippen LogP contribution < -0.4 is 11.1 Å². The zero-order valence-electron chi connectivity index (χ0n) is 22.5. The fourth-order valence-corrected chi connectivity index (χ4v) is 4.87. The summed E-state index contributed by atoms with van der Waals surface area (Å²) in [6.45, 7) is 13.1. The molecule has 2 rings (SSSR count). The first kappa shape index (κ1) is 31.0. The minimum atomic E-state index is -1.20. The maximum absolute atomic E-state index is 12.7. The number of carboxylic acid groups (broad SMARTS) is 1. The van der Waals surface area contributed by atoms with Crippen molar-refractivity contribution in [3.8, 4) is 0 Å². The molecule has 2 aliphatic rings. The molecule has 0 aromatic rings. The van der Waals surface area contributed by atoms with Crippen LogP contribution in [-0.4, -0.2) is 77.9 Å². The third kappa shape index (κ3) is 9.90. The molecule has 0 aromatic heterocycles. The number of hydrogen-bond donors (Lipinski definition) is 3. The molecule has 36 heavy (non-hydrogen) atoms. The van der Waals surface area contributed by atoms with Crippen molar-refractivity contribution >= 4 is 28.8 Å². The molecule has 2 heterocycles. The summed E-state index contributed by atoms with van der Waals surface area (Å²) in [4.78, 5) is 36.4. The van der Waals surface area contributed by atoms with Gasteiger partial charge in [0.1, 0.15) is 6.10 Å². The van der Waals surface area contributed by atoms with E-state index in [0.717, 1.165) is 11.8 Å². The fraction of sp³-hybridized carbons (Fsp3) is 0.880. The first-order chi connectivity index (χ1) is 16.5. The lowest BCUT2D eigenvalue weighted by molar-refractivity contribution is -0.304. The number of carbonyl (C=O) groups is 3. The zero-order chi connectivity index (χ0) is 27.2. The molecule has 1 amide bonds. The maximum atomic E-state index is 12.7. The first-order valence-corrected chi connectivity index (χ1v) is 13.5. The molecule has 2 fully saturated rings. The Hall–Kier alpha value is -1.24. The molecule has 10 nitrogen and oxygen atoms in total. The first-order valence-electron chi connectivity index (χ1n) is 12.6. The molecule has 0 saturated carbocycles. The summed E-state index contributed by atoms with van der Waals surface area (Å²) in [5, 5.41) is 11.9. The van der Waals surface area contributed by atoms with Gasteiger partial charge in [0.05, 0.1) is 32.7 Å². The third-order valence-electron chi connectivity index (χ3n) is 6.29. The Morgan fingerprint density at radius 1 is 1.03 bits per heavy atom. The number of rotatable bonds is 12. The molecule has 2 atom stereocenters. The average Bonchev–Trinajstić information content (AvgIpc) is 2.76. The van der Waals surface area contributed by atoms with Gasteiger partial charge in [-0.3, -0.25) is 14.4 Å². The lowest BCUT2D eigenvalue weighted by Gasteiger charge is -2.44. The second-order valence-electron chi connectivity index (χ2n) is 11.7. The van der Waals surface area contributed by atoms with Crippen molar-refractivity contribution < 1.29 is 38.4 Å². The minimum Gasteiger partial charge on any atom is -0.481 e. The molecule has 0 aliphatic carbocycles. The molecule has 2 aliphatic heterocycles. The van der Waals surface area contributed by atoms with Crippen molar-refractivity contribution in [1.29, 1.82) is 0 Å². The van der Waals surface area contributed by atoms with Crippen LogP contribution >= 0.6 is 11.8 Å². The number of aliphatic carboxylic acids is 1. The van der Waals surface area contributed by atoms with Crippen LogP contribution in [-0.2, 0) is 33.3 Å². The topological polar surface area (TPSA) is 146 Å². The van der Waals surface area contributed by atoms with Gasteiger partial charge in [0, 0.05) is 35.6 Å². The van der Waals surface area contributed by atoms with E-state index in [1.165, 1.54) is 0 Å². The van der Waals surface area contributed by atoms with Crippen LogP contribution in [0.4, 0.5) is 0 Å². The van der Waals surface area contributed by atoms with Crippen molar-refractivity contribution in [3.05, 3.63) is 0 Å². The van der Waals surface area contributed by atoms with Gasteiger partial charge in [-0.1, -0.05) is 39.5 Å². The Bertz CT molecular complexity index is 776. The number of carboxylic acids is 1. The maximum Gasteiger partial charge on any atom is 0.303 e. The SMILES string of the molecule is CC1(C)COC(CCC(=O)O)(CC(=O)SCCC(N)CCNC(=O)[C@@H]2OC(C)(C)OCC2(C)C)OC1. The Balaban J connectivity index is 1.72. The van der Waals surface area contributed by atoms with E-state index in [1.807, 2.05) is 27.7 Å². The second-order valence-corrected chi connectivity index (χ2v) is 12.9. The average molecular weight is 533 g/mol. The molecule has 2 saturated heterocycles. The predicted molar refractivity (Wildman–Crippen MR) is 136 cm³/mol. The van der Waals surface area contributed by atoms with Gasteiger partial charge in [0.15, 0.2) is 16.7 Å². The van der Waals surface area contributed by atoms with E-state index < -0.39 is 29.1 Å². The molecular weight excluding hydrogens is 488 g/mol. The van der Waals surface area contributed by atoms with Gasteiger partial charge in [-0.15, -0.1) is 0 Å². The quantitative estimate of drug-likeness (QED) is 0.343. The minimum absolute atomic E-state index is 0.0104. The number of nitrogens with two attached hydrogens (primary N) is 1. The fourth-order valence-electron chi connectivity index (χ4n) is 3.90. The Kier molecular flexibility index (Phi) is 10.8. The highest BCUT2D eigenvalue weighted by molar-refractivity contribution is 8.13. The van der Waals surface area contributed by atoms with Crippen molar-refractivity contribution in [1.82, 2.24) is 5.32 Å². The predicted octanol–water partition coefficient (Wildman–Crippen LogP) is 2.67. The molecule has 208 valence electrons. The lowest BCUT2D eigenvalue weighted by Crippen LogP contribution is -2.56. The summed E-state index contributed by atoms with van der Waals surface area (Å²) in [7, 11) is 0. The van der Waals surface area contributed by atoms with Gasteiger partial charge < -0.3 is 35.1 Å². The summed E-state index contributed by atoms with van der Waals surface area (Å²) in [6, 6.07) is -0.186. The summed E-state index contributed by atoms with van der Waals surface area (Å²) in [6.07, 6.45) is 0.516. The van der Waals surface area contributed by atoms with Gasteiger partial charge >= 0.3 is 5.97 Å². The molecule has 4 N–H and O–H groups in total. The number of nitrogens with one attached hydrogen (secondary N) is 1. The number of thioether (sulfide) groups is 1. The van der Waals surface area contributed by atoms with E-state index in [0.29, 0.717) is 45.0 Å². The summed E-state index contributed by atoms with van der Waals surface area (Å²) in [5.74, 6) is -2.64. The monoisotopic (exact) mass is 532 g/mol. The molecule has 0 bridgehead atoms. The van der Waals surface area contributed by atoms with Gasteiger partial charge in [-0.25, -0.2) is 0 Å². The second kappa shape index (κ2) is 12.5. The van der Waals surface area contributed by atoms with Gasteiger partial charge in [0.2, 0.25) is 5.91 Å². The van der Waals surface area contributed by atoms with Crippen LogP contribution in [0.15, 0.2) is 0 Å². The molecule has 0 spiro atoms. The third-order valence-corrected chi connectivity index (χ3v) is 7.20. The van der Waals surface area contributed by atoms with Gasteiger partial charge in [-0.05, 0) is 26.7 Å². The highest BCUT2D eigenvalue weighted by Crippen LogP contribution is 2.36. The molecular formula is C25H44N2O8S. The van der Waals surface area contributed by atoms with E-state index in [2.05, 4.69) is 5.32 Å². The van der Waals surface area contributed by atoms with Crippen LogP contribution in [0, 0.1) is 10.8 Å². The summed E-state index contributed by atoms with van der Waals surface area (Å²) < 4.78 is 23.3. The number of ether oxygens (including phenoxy) is 4. The van der Waals surface area contributed by atoms with Crippen molar-refractivity contribution in [2.24, 2.45) is 16.6 Å². The largest absolute Gasteiger partial charge is 0.481 e. The van der Waals surface area contributed by atoms with E-state index in [4.69, 9.17) is 29.8 Å². The summed E-state index contributed by atoms with van der Waals surface area (Å²) in [5.41, 5.74) is 5.57. The van der Waals surface area contributed by atoms with Crippen LogP contribution in [0.5, 0.6) is 0 Å². The van der Waals surface area contributed by atoms with E-state index in [1.54, 1.807) is 13.8 Å². The Morgan fingerprint density at radius 2 is 1.67 bits per heavy atom. The van der Waals surface area contributed by atoms with E-state index >= 15 is 0 Å². The Labute approximate surface area is 218 Å². The number of carbonyl (C=O) groups excluding carboxylic acids is 2. The van der Waals surface area contributed by atoms with Crippen molar-refractivity contribution in [2.75, 3.05) is 32.1 Å². The van der Waals surface area contributed by atoms with Crippen LogP contribution in [0.3, 0.4) is 0 Å². The molecule has 0 radical (unpaired) electrons. The van der Waals surface area contributed by atoms with Crippen LogP contribution in [0.25, 0.3) is 0 Å². The van der Waals surface area contributed by atoms with Gasteiger partial charge in [0.25, 0.3) is 0 Å². The van der Waals surface area contributed by atoms with E-state index in [9.17, 15) is 14.4 Å². The lowest BCUT2D eigenvalue weighted by atomic mass is 9.85. The Morgan fingerprint density at radius 3 is 2.28 bits per heavy atom. The summed E-state index contributed by atoms with van der Waals surface area (Å²) >= 11 is 1.15. The molecule has 11 heteroatoms. The highest BCUT2D eigenvalue weighted by atomic mass is 32.2. The van der Waals surface area contributed by atoms with E-state index in [-0.39, 0.29) is 41.7 Å². The normalized spacial score (nSPS) is 25.0.